The summed E-state index contributed by atoms with van der Waals surface area (Å²) < 4.78 is 6.69. The van der Waals surface area contributed by atoms with Crippen molar-refractivity contribution in [1.82, 2.24) is 19.4 Å². The number of aryl methyl sites for hydroxylation is 2. The van der Waals surface area contributed by atoms with E-state index in [-0.39, 0.29) is 17.4 Å². The van der Waals surface area contributed by atoms with Crippen molar-refractivity contribution >= 4 is 22.8 Å². The van der Waals surface area contributed by atoms with Crippen LogP contribution in [0.3, 0.4) is 0 Å². The summed E-state index contributed by atoms with van der Waals surface area (Å²) in [7, 11) is 1.69. The normalized spacial score (nSPS) is 14.5. The Bertz CT molecular complexity index is 1110. The summed E-state index contributed by atoms with van der Waals surface area (Å²) in [6, 6.07) is 8.48. The van der Waals surface area contributed by atoms with E-state index in [1.807, 2.05) is 0 Å². The quantitative estimate of drug-likeness (QED) is 0.671. The Morgan fingerprint density at radius 1 is 1.04 bits per heavy atom. The van der Waals surface area contributed by atoms with Crippen LogP contribution in [0.25, 0.3) is 11.0 Å². The van der Waals surface area contributed by atoms with Crippen LogP contribution in [0.1, 0.15) is 26.6 Å². The summed E-state index contributed by atoms with van der Waals surface area (Å²) in [5, 5.41) is 0. The van der Waals surface area contributed by atoms with Crippen LogP contribution in [0.15, 0.2) is 45.8 Å². The van der Waals surface area contributed by atoms with Gasteiger partial charge in [0.2, 0.25) is 0 Å². The zero-order chi connectivity index (χ0) is 19.8. The van der Waals surface area contributed by atoms with Crippen molar-refractivity contribution in [3.8, 4) is 0 Å². The smallest absolute Gasteiger partial charge is 0.289 e. The zero-order valence-electron chi connectivity index (χ0n) is 15.7. The summed E-state index contributed by atoms with van der Waals surface area (Å²) in [4.78, 5) is 45.0. The molecule has 1 aliphatic heterocycles. The monoisotopic (exact) mass is 380 g/mol. The predicted molar refractivity (Wildman–Crippen MR) is 102 cm³/mol. The first-order valence-electron chi connectivity index (χ1n) is 9.05. The van der Waals surface area contributed by atoms with Crippen LogP contribution >= 0.6 is 0 Å². The number of carbonyl (C=O) groups is 2. The highest BCUT2D eigenvalue weighted by molar-refractivity contribution is 5.97. The summed E-state index contributed by atoms with van der Waals surface area (Å²) in [5.74, 6) is 0.0325. The molecule has 0 aliphatic carbocycles. The number of nitrogens with zero attached hydrogens (tertiary/aromatic N) is 4. The Kier molecular flexibility index (Phi) is 4.46. The number of piperazine rings is 1. The molecule has 0 saturated carbocycles. The van der Waals surface area contributed by atoms with Gasteiger partial charge >= 0.3 is 0 Å². The fourth-order valence-corrected chi connectivity index (χ4v) is 3.46. The molecule has 1 fully saturated rings. The van der Waals surface area contributed by atoms with Crippen LogP contribution < -0.4 is 5.56 Å². The van der Waals surface area contributed by atoms with Gasteiger partial charge in [0.1, 0.15) is 5.69 Å². The first kappa shape index (κ1) is 18.0. The van der Waals surface area contributed by atoms with Crippen molar-refractivity contribution in [2.45, 2.75) is 6.92 Å². The van der Waals surface area contributed by atoms with Crippen molar-refractivity contribution in [3.05, 3.63) is 64.0 Å². The van der Waals surface area contributed by atoms with Crippen LogP contribution in [0.2, 0.25) is 0 Å². The topological polar surface area (TPSA) is 88.7 Å². The number of benzene rings is 1. The molecule has 0 N–H and O–H groups in total. The van der Waals surface area contributed by atoms with Crippen molar-refractivity contribution in [2.75, 3.05) is 26.2 Å². The molecular formula is C20H20N4O4. The molecule has 0 unspecified atom stereocenters. The number of fused-ring (bicyclic) bond motifs is 1. The number of amides is 2. The van der Waals surface area contributed by atoms with E-state index in [4.69, 9.17) is 4.42 Å². The molecule has 1 saturated heterocycles. The lowest BCUT2D eigenvalue weighted by Gasteiger charge is -2.34. The minimum absolute atomic E-state index is 0.111. The standard InChI is InChI=1S/C20H20N4O4/c1-13-18(25)22(2)16-6-5-14(12-15(16)21-13)19(26)23-7-9-24(10-8-23)20(27)17-4-3-11-28-17/h3-6,11-12H,7-10H2,1-2H3. The van der Waals surface area contributed by atoms with Gasteiger partial charge in [0.15, 0.2) is 5.76 Å². The predicted octanol–water partition coefficient (Wildman–Crippen LogP) is 1.43. The second-order valence-electron chi connectivity index (χ2n) is 6.83. The lowest BCUT2D eigenvalue weighted by molar-refractivity contribution is 0.0518. The Labute approximate surface area is 161 Å². The number of hydrogen-bond acceptors (Lipinski definition) is 5. The second kappa shape index (κ2) is 6.95. The Balaban J connectivity index is 1.50. The Hall–Kier alpha value is -3.42. The van der Waals surface area contributed by atoms with Gasteiger partial charge in [0.25, 0.3) is 17.4 Å². The molecule has 0 bridgehead atoms. The SMILES string of the molecule is Cc1nc2cc(C(=O)N3CCN(C(=O)c4ccco4)CC3)ccc2n(C)c1=O. The van der Waals surface area contributed by atoms with Crippen molar-refractivity contribution in [1.29, 1.82) is 0 Å². The summed E-state index contributed by atoms with van der Waals surface area (Å²) in [5.41, 5.74) is 2.05. The van der Waals surface area contributed by atoms with E-state index in [0.717, 1.165) is 0 Å². The van der Waals surface area contributed by atoms with Gasteiger partial charge in [-0.25, -0.2) is 4.98 Å². The fourth-order valence-electron chi connectivity index (χ4n) is 3.46. The van der Waals surface area contributed by atoms with E-state index in [0.29, 0.717) is 54.2 Å². The molecule has 2 aromatic heterocycles. The zero-order valence-corrected chi connectivity index (χ0v) is 15.7. The molecule has 2 amide bonds. The number of hydrogen-bond donors (Lipinski definition) is 0. The van der Waals surface area contributed by atoms with Gasteiger partial charge in [-0.05, 0) is 37.3 Å². The summed E-state index contributed by atoms with van der Waals surface area (Å²) >= 11 is 0. The molecule has 144 valence electrons. The minimum atomic E-state index is -0.164. The fraction of sp³-hybridized carbons (Fsp3) is 0.300. The van der Waals surface area contributed by atoms with Gasteiger partial charge in [-0.2, -0.15) is 0 Å². The van der Waals surface area contributed by atoms with Gasteiger partial charge in [0, 0.05) is 38.8 Å². The highest BCUT2D eigenvalue weighted by Gasteiger charge is 2.26. The van der Waals surface area contributed by atoms with Gasteiger partial charge in [0.05, 0.1) is 17.3 Å². The molecule has 0 atom stereocenters. The molecule has 8 heteroatoms. The third-order valence-electron chi connectivity index (χ3n) is 5.07. The molecule has 1 aliphatic rings. The van der Waals surface area contributed by atoms with E-state index >= 15 is 0 Å². The number of aromatic nitrogens is 2. The number of rotatable bonds is 2. The minimum Gasteiger partial charge on any atom is -0.459 e. The lowest BCUT2D eigenvalue weighted by atomic mass is 10.1. The molecule has 28 heavy (non-hydrogen) atoms. The maximum absolute atomic E-state index is 12.9. The van der Waals surface area contributed by atoms with Crippen LogP contribution in [-0.2, 0) is 7.05 Å². The highest BCUT2D eigenvalue weighted by atomic mass is 16.3. The van der Waals surface area contributed by atoms with Crippen LogP contribution in [-0.4, -0.2) is 57.3 Å². The lowest BCUT2D eigenvalue weighted by Crippen LogP contribution is -2.50. The van der Waals surface area contributed by atoms with Crippen molar-refractivity contribution in [2.24, 2.45) is 7.05 Å². The van der Waals surface area contributed by atoms with E-state index < -0.39 is 0 Å². The van der Waals surface area contributed by atoms with Gasteiger partial charge in [-0.15, -0.1) is 0 Å². The highest BCUT2D eigenvalue weighted by Crippen LogP contribution is 2.16. The van der Waals surface area contributed by atoms with E-state index in [1.54, 1.807) is 54.1 Å². The third kappa shape index (κ3) is 3.06. The Morgan fingerprint density at radius 3 is 2.36 bits per heavy atom. The molecule has 4 rings (SSSR count). The largest absolute Gasteiger partial charge is 0.459 e. The molecule has 3 aromatic rings. The maximum Gasteiger partial charge on any atom is 0.289 e. The average Bonchev–Trinajstić information content (AvgIpc) is 3.25. The maximum atomic E-state index is 12.9. The molecule has 8 nitrogen and oxygen atoms in total. The van der Waals surface area contributed by atoms with Crippen LogP contribution in [0.5, 0.6) is 0 Å². The van der Waals surface area contributed by atoms with Gasteiger partial charge < -0.3 is 18.8 Å². The molecule has 0 spiro atoms. The van der Waals surface area contributed by atoms with E-state index in [2.05, 4.69) is 4.98 Å². The first-order valence-corrected chi connectivity index (χ1v) is 9.05. The third-order valence-corrected chi connectivity index (χ3v) is 5.07. The molecule has 0 radical (unpaired) electrons. The number of carbonyl (C=O) groups excluding carboxylic acids is 2. The summed E-state index contributed by atoms with van der Waals surface area (Å²) in [6.45, 7) is 3.45. The van der Waals surface area contributed by atoms with Crippen molar-refractivity contribution in [3.63, 3.8) is 0 Å². The molecular weight excluding hydrogens is 360 g/mol. The average molecular weight is 380 g/mol. The Morgan fingerprint density at radius 2 is 1.71 bits per heavy atom. The van der Waals surface area contributed by atoms with Crippen molar-refractivity contribution < 1.29 is 14.0 Å². The summed E-state index contributed by atoms with van der Waals surface area (Å²) in [6.07, 6.45) is 1.47. The van der Waals surface area contributed by atoms with Gasteiger partial charge in [-0.1, -0.05) is 0 Å². The molecule has 1 aromatic carbocycles. The number of furan rings is 1. The van der Waals surface area contributed by atoms with E-state index in [1.165, 1.54) is 10.8 Å². The first-order chi connectivity index (χ1) is 13.5. The van der Waals surface area contributed by atoms with Gasteiger partial charge in [-0.3, -0.25) is 14.4 Å². The van der Waals surface area contributed by atoms with Crippen LogP contribution in [0, 0.1) is 6.92 Å². The second-order valence-corrected chi connectivity index (χ2v) is 6.83. The van der Waals surface area contributed by atoms with E-state index in [9.17, 15) is 14.4 Å². The van der Waals surface area contributed by atoms with Crippen LogP contribution in [0.4, 0.5) is 0 Å². The molecule has 3 heterocycles.